The van der Waals surface area contributed by atoms with Gasteiger partial charge in [0, 0.05) is 0 Å². The van der Waals surface area contributed by atoms with Crippen molar-refractivity contribution in [2.24, 2.45) is 5.41 Å². The summed E-state index contributed by atoms with van der Waals surface area (Å²) in [6.45, 7) is -0.976. The maximum atomic E-state index is 9.37. The zero-order valence-electron chi connectivity index (χ0n) is 6.25. The second-order valence-electron chi connectivity index (χ2n) is 2.40. The number of aliphatic hydroxyl groups is 3. The summed E-state index contributed by atoms with van der Waals surface area (Å²) in [7, 11) is 0. The van der Waals surface area contributed by atoms with Crippen LogP contribution < -0.4 is 0 Å². The van der Waals surface area contributed by atoms with E-state index in [1.165, 1.54) is 0 Å². The van der Waals surface area contributed by atoms with Crippen LogP contribution in [0, 0.1) is 5.41 Å². The molecule has 0 aliphatic heterocycles. The van der Waals surface area contributed by atoms with Gasteiger partial charge in [0.05, 0.1) is 13.2 Å². The first-order chi connectivity index (χ1) is 5.88. The van der Waals surface area contributed by atoms with Crippen molar-refractivity contribution < 1.29 is 19.1 Å². The standard InChI is InChI=1S/C5H8Br4O4/c6-3(12)4(1-10,2-11)5(7,8)13-9/h3,10-12H,1-2H2. The Morgan fingerprint density at radius 1 is 1.23 bits per heavy atom. The van der Waals surface area contributed by atoms with E-state index >= 15 is 0 Å². The fourth-order valence-electron chi connectivity index (χ4n) is 0.600. The van der Waals surface area contributed by atoms with Gasteiger partial charge < -0.3 is 15.3 Å². The summed E-state index contributed by atoms with van der Waals surface area (Å²) in [6, 6.07) is 0. The monoisotopic (exact) mass is 448 g/mol. The Bertz CT molecular complexity index is 159. The minimum atomic E-state index is -1.32. The number of aliphatic hydroxyl groups excluding tert-OH is 3. The minimum absolute atomic E-state index is 0.488. The molecule has 0 aliphatic rings. The Balaban J connectivity index is 4.97. The first kappa shape index (κ1) is 14.8. The van der Waals surface area contributed by atoms with Crippen LogP contribution in [0.4, 0.5) is 0 Å². The van der Waals surface area contributed by atoms with E-state index in [2.05, 4.69) is 64.0 Å². The van der Waals surface area contributed by atoms with Gasteiger partial charge in [-0.05, 0) is 31.9 Å². The van der Waals surface area contributed by atoms with Gasteiger partial charge in [0.2, 0.25) is 3.42 Å². The van der Waals surface area contributed by atoms with Gasteiger partial charge in [-0.2, -0.15) is 0 Å². The predicted octanol–water partition coefficient (Wildman–Crippen LogP) is 1.44. The molecule has 0 saturated heterocycles. The first-order valence-corrected chi connectivity index (χ1v) is 6.24. The van der Waals surface area contributed by atoms with Crippen LogP contribution in [0.25, 0.3) is 0 Å². The topological polar surface area (TPSA) is 69.9 Å². The summed E-state index contributed by atoms with van der Waals surface area (Å²) in [5, 5.41) is 26.4. The summed E-state index contributed by atoms with van der Waals surface area (Å²) in [6.07, 6.45) is 0. The molecule has 0 fully saturated rings. The van der Waals surface area contributed by atoms with Gasteiger partial charge in [-0.3, -0.25) is 3.83 Å². The molecule has 0 aromatic carbocycles. The van der Waals surface area contributed by atoms with Crippen molar-refractivity contribution in [3.63, 3.8) is 0 Å². The quantitative estimate of drug-likeness (QED) is 0.553. The molecule has 1 unspecified atom stereocenters. The van der Waals surface area contributed by atoms with Crippen LogP contribution >= 0.6 is 64.0 Å². The molecule has 8 heteroatoms. The zero-order valence-corrected chi connectivity index (χ0v) is 12.6. The molecule has 0 aliphatic carbocycles. The molecule has 1 atom stereocenters. The van der Waals surface area contributed by atoms with Crippen LogP contribution in [-0.4, -0.2) is 37.0 Å². The number of halogens is 4. The van der Waals surface area contributed by atoms with E-state index in [-0.39, 0.29) is 0 Å². The molecule has 13 heavy (non-hydrogen) atoms. The Morgan fingerprint density at radius 3 is 1.69 bits per heavy atom. The normalized spacial score (nSPS) is 15.9. The van der Waals surface area contributed by atoms with Crippen LogP contribution in [-0.2, 0) is 3.83 Å². The summed E-state index contributed by atoms with van der Waals surface area (Å²) in [5.41, 5.74) is -1.32. The highest BCUT2D eigenvalue weighted by molar-refractivity contribution is 9.25. The maximum absolute atomic E-state index is 9.37. The lowest BCUT2D eigenvalue weighted by molar-refractivity contribution is -0.0511. The predicted molar refractivity (Wildman–Crippen MR) is 62.1 cm³/mol. The van der Waals surface area contributed by atoms with E-state index in [9.17, 15) is 5.11 Å². The average molecular weight is 452 g/mol. The van der Waals surface area contributed by atoms with Gasteiger partial charge >= 0.3 is 0 Å². The lowest BCUT2D eigenvalue weighted by Gasteiger charge is -2.40. The molecule has 0 bridgehead atoms. The molecule has 80 valence electrons. The Kier molecular flexibility index (Phi) is 6.51. The highest BCUT2D eigenvalue weighted by Crippen LogP contribution is 2.49. The van der Waals surface area contributed by atoms with Gasteiger partial charge in [-0.1, -0.05) is 15.9 Å². The second kappa shape index (κ2) is 5.74. The third-order valence-electron chi connectivity index (χ3n) is 1.70. The van der Waals surface area contributed by atoms with Crippen molar-refractivity contribution in [1.82, 2.24) is 0 Å². The molecule has 0 aromatic rings. The van der Waals surface area contributed by atoms with E-state index in [1.807, 2.05) is 0 Å². The molecule has 3 N–H and O–H groups in total. The van der Waals surface area contributed by atoms with E-state index in [0.717, 1.165) is 0 Å². The number of hydrogen-bond donors (Lipinski definition) is 3. The summed E-state index contributed by atoms with van der Waals surface area (Å²) in [5.74, 6) is 0. The summed E-state index contributed by atoms with van der Waals surface area (Å²) >= 11 is 11.7. The van der Waals surface area contributed by atoms with Crippen molar-refractivity contribution in [1.29, 1.82) is 0 Å². The second-order valence-corrected chi connectivity index (χ2v) is 6.89. The van der Waals surface area contributed by atoms with Crippen molar-refractivity contribution in [2.45, 2.75) is 8.43 Å². The fourth-order valence-corrected chi connectivity index (χ4v) is 3.08. The molecular formula is C5H8Br4O4. The minimum Gasteiger partial charge on any atom is -0.395 e. The van der Waals surface area contributed by atoms with Crippen LogP contribution in [0.3, 0.4) is 0 Å². The molecular weight excluding hydrogens is 444 g/mol. The third kappa shape index (κ3) is 2.87. The van der Waals surface area contributed by atoms with E-state index in [4.69, 9.17) is 14.0 Å². The average Bonchev–Trinajstić information content (AvgIpc) is 2.06. The molecule has 4 nitrogen and oxygen atoms in total. The molecule has 0 spiro atoms. The van der Waals surface area contributed by atoms with Crippen LogP contribution in [0.5, 0.6) is 0 Å². The number of rotatable bonds is 5. The first-order valence-electron chi connectivity index (χ1n) is 3.09. The van der Waals surface area contributed by atoms with Crippen molar-refractivity contribution in [3.8, 4) is 0 Å². The number of hydrogen-bond acceptors (Lipinski definition) is 4. The highest BCUT2D eigenvalue weighted by atomic mass is 79.9. The van der Waals surface area contributed by atoms with Crippen LogP contribution in [0.1, 0.15) is 0 Å². The SMILES string of the molecule is OCC(CO)(C(O)Br)C(Br)(Br)OBr. The number of alkyl halides is 3. The van der Waals surface area contributed by atoms with Gasteiger partial charge in [-0.15, -0.1) is 0 Å². The Morgan fingerprint density at radius 2 is 1.62 bits per heavy atom. The largest absolute Gasteiger partial charge is 0.395 e. The summed E-state index contributed by atoms with van der Waals surface area (Å²) in [4.78, 5) is 0. The molecule has 0 aromatic heterocycles. The molecule has 0 saturated carbocycles. The van der Waals surface area contributed by atoms with Crippen molar-refractivity contribution >= 4 is 64.0 Å². The van der Waals surface area contributed by atoms with E-state index in [1.54, 1.807) is 0 Å². The van der Waals surface area contributed by atoms with Crippen molar-refractivity contribution in [2.75, 3.05) is 13.2 Å². The summed E-state index contributed by atoms with van der Waals surface area (Å²) < 4.78 is 3.50. The third-order valence-corrected chi connectivity index (χ3v) is 5.83. The molecule has 0 amide bonds. The van der Waals surface area contributed by atoms with Crippen LogP contribution in [0.15, 0.2) is 0 Å². The molecule has 0 heterocycles. The van der Waals surface area contributed by atoms with Gasteiger partial charge in [0.15, 0.2) is 0 Å². The fraction of sp³-hybridized carbons (Fsp3) is 1.00. The lowest BCUT2D eigenvalue weighted by atomic mass is 9.92. The van der Waals surface area contributed by atoms with E-state index < -0.39 is 27.1 Å². The van der Waals surface area contributed by atoms with Crippen molar-refractivity contribution in [3.05, 3.63) is 0 Å². The van der Waals surface area contributed by atoms with Gasteiger partial charge in [0.1, 0.15) is 26.7 Å². The zero-order chi connectivity index (χ0) is 10.7. The Labute approximate surface area is 109 Å². The maximum Gasteiger partial charge on any atom is 0.204 e. The highest BCUT2D eigenvalue weighted by Gasteiger charge is 2.53. The van der Waals surface area contributed by atoms with E-state index in [0.29, 0.717) is 0 Å². The Hall–Kier alpha value is 1.76. The lowest BCUT2D eigenvalue weighted by Crippen LogP contribution is -2.51. The molecule has 0 rings (SSSR count). The van der Waals surface area contributed by atoms with Crippen LogP contribution in [0.2, 0.25) is 0 Å². The van der Waals surface area contributed by atoms with Gasteiger partial charge in [-0.25, -0.2) is 0 Å². The molecule has 0 radical (unpaired) electrons. The smallest absolute Gasteiger partial charge is 0.204 e. The van der Waals surface area contributed by atoms with Gasteiger partial charge in [0.25, 0.3) is 0 Å².